The van der Waals surface area contributed by atoms with Crippen molar-refractivity contribution in [2.45, 2.75) is 32.6 Å². The van der Waals surface area contributed by atoms with Gasteiger partial charge in [0.2, 0.25) is 0 Å². The average Bonchev–Trinajstić information content (AvgIpc) is 2.55. The van der Waals surface area contributed by atoms with E-state index in [0.29, 0.717) is 18.0 Å². The lowest BCUT2D eigenvalue weighted by atomic mass is 9.67. The van der Waals surface area contributed by atoms with Crippen molar-refractivity contribution in [3.8, 4) is 0 Å². The predicted molar refractivity (Wildman–Crippen MR) is 85.2 cm³/mol. The molecule has 0 saturated heterocycles. The first-order chi connectivity index (χ1) is 10.1. The molecule has 1 saturated carbocycles. The fourth-order valence-electron chi connectivity index (χ4n) is 3.34. The van der Waals surface area contributed by atoms with E-state index in [1.54, 1.807) is 6.20 Å². The second-order valence-electron chi connectivity index (χ2n) is 6.41. The topological polar surface area (TPSA) is 56.0 Å². The van der Waals surface area contributed by atoms with E-state index in [1.807, 2.05) is 30.3 Å². The summed E-state index contributed by atoms with van der Waals surface area (Å²) >= 11 is 0. The molecule has 0 amide bonds. The highest BCUT2D eigenvalue weighted by molar-refractivity contribution is 6.02. The highest BCUT2D eigenvalue weighted by Gasteiger charge is 2.40. The second-order valence-corrected chi connectivity index (χ2v) is 6.41. The standard InChI is InChI=1S/C18H22N2O/c1-13-6-8-18(12-19,9-7-13)17(21)15-10-14-4-2-3-5-16(14)20-11-15/h2-5,10-11,13H,6-9,12,19H2,1H3. The highest BCUT2D eigenvalue weighted by Crippen LogP contribution is 2.40. The van der Waals surface area contributed by atoms with Gasteiger partial charge < -0.3 is 5.73 Å². The van der Waals surface area contributed by atoms with Gasteiger partial charge in [0.1, 0.15) is 0 Å². The minimum Gasteiger partial charge on any atom is -0.329 e. The van der Waals surface area contributed by atoms with Crippen LogP contribution in [-0.4, -0.2) is 17.3 Å². The molecule has 0 radical (unpaired) electrons. The third-order valence-electron chi connectivity index (χ3n) is 4.96. The summed E-state index contributed by atoms with van der Waals surface area (Å²) in [5.74, 6) is 0.877. The number of benzene rings is 1. The number of nitrogens with two attached hydrogens (primary N) is 1. The fourth-order valence-corrected chi connectivity index (χ4v) is 3.34. The Morgan fingerprint density at radius 1 is 1.33 bits per heavy atom. The van der Waals surface area contributed by atoms with E-state index in [1.165, 1.54) is 0 Å². The quantitative estimate of drug-likeness (QED) is 0.875. The Morgan fingerprint density at radius 2 is 2.05 bits per heavy atom. The minimum atomic E-state index is -0.378. The van der Waals surface area contributed by atoms with Gasteiger partial charge in [0, 0.05) is 29.1 Å². The Balaban J connectivity index is 1.95. The van der Waals surface area contributed by atoms with Crippen molar-refractivity contribution in [3.63, 3.8) is 0 Å². The molecule has 1 aliphatic carbocycles. The molecule has 2 aromatic rings. The first-order valence-electron chi connectivity index (χ1n) is 7.74. The Hall–Kier alpha value is -1.74. The van der Waals surface area contributed by atoms with E-state index >= 15 is 0 Å². The lowest BCUT2D eigenvalue weighted by Gasteiger charge is -2.37. The van der Waals surface area contributed by atoms with Gasteiger partial charge in [-0.15, -0.1) is 0 Å². The molecule has 1 fully saturated rings. The summed E-state index contributed by atoms with van der Waals surface area (Å²) in [4.78, 5) is 17.4. The van der Waals surface area contributed by atoms with Crippen molar-refractivity contribution < 1.29 is 4.79 Å². The Bertz CT molecular complexity index is 657. The monoisotopic (exact) mass is 282 g/mol. The molecule has 0 atom stereocenters. The molecule has 21 heavy (non-hydrogen) atoms. The number of aromatic nitrogens is 1. The van der Waals surface area contributed by atoms with Crippen LogP contribution in [0.3, 0.4) is 0 Å². The summed E-state index contributed by atoms with van der Waals surface area (Å²) in [7, 11) is 0. The SMILES string of the molecule is CC1CCC(CN)(C(=O)c2cnc3ccccc3c2)CC1. The van der Waals surface area contributed by atoms with E-state index in [4.69, 9.17) is 5.73 Å². The zero-order valence-corrected chi connectivity index (χ0v) is 12.5. The second kappa shape index (κ2) is 5.57. The normalized spacial score (nSPS) is 25.9. The minimum absolute atomic E-state index is 0.176. The molecule has 0 bridgehead atoms. The molecule has 1 aromatic heterocycles. The highest BCUT2D eigenvalue weighted by atomic mass is 16.1. The van der Waals surface area contributed by atoms with Crippen LogP contribution in [0, 0.1) is 11.3 Å². The van der Waals surface area contributed by atoms with Gasteiger partial charge in [0.05, 0.1) is 5.52 Å². The van der Waals surface area contributed by atoms with E-state index < -0.39 is 0 Å². The molecule has 1 heterocycles. The Kier molecular flexibility index (Phi) is 3.77. The van der Waals surface area contributed by atoms with E-state index in [0.717, 1.165) is 36.6 Å². The lowest BCUT2D eigenvalue weighted by molar-refractivity contribution is 0.0695. The largest absolute Gasteiger partial charge is 0.329 e. The summed E-state index contributed by atoms with van der Waals surface area (Å²) in [6, 6.07) is 9.85. The number of ketones is 1. The van der Waals surface area contributed by atoms with E-state index in [-0.39, 0.29) is 11.2 Å². The number of hydrogen-bond acceptors (Lipinski definition) is 3. The molecular weight excluding hydrogens is 260 g/mol. The summed E-state index contributed by atoms with van der Waals surface area (Å²) in [5.41, 5.74) is 7.24. The van der Waals surface area contributed by atoms with Gasteiger partial charge in [-0.05, 0) is 43.7 Å². The van der Waals surface area contributed by atoms with Crippen LogP contribution in [0.2, 0.25) is 0 Å². The van der Waals surface area contributed by atoms with Gasteiger partial charge >= 0.3 is 0 Å². The van der Waals surface area contributed by atoms with Gasteiger partial charge in [-0.3, -0.25) is 9.78 Å². The maximum atomic E-state index is 13.0. The molecule has 3 heteroatoms. The summed E-state index contributed by atoms with van der Waals surface area (Å²) < 4.78 is 0. The van der Waals surface area contributed by atoms with Crippen molar-refractivity contribution in [1.82, 2.24) is 4.98 Å². The molecule has 0 spiro atoms. The van der Waals surface area contributed by atoms with E-state index in [9.17, 15) is 4.79 Å². The molecule has 1 aromatic carbocycles. The summed E-state index contributed by atoms with van der Waals surface area (Å²) in [5, 5.41) is 1.01. The van der Waals surface area contributed by atoms with Crippen molar-refractivity contribution in [1.29, 1.82) is 0 Å². The zero-order chi connectivity index (χ0) is 14.9. The summed E-state index contributed by atoms with van der Waals surface area (Å²) in [6.45, 7) is 2.69. The van der Waals surface area contributed by atoms with Crippen molar-refractivity contribution >= 4 is 16.7 Å². The van der Waals surface area contributed by atoms with Crippen LogP contribution < -0.4 is 5.73 Å². The van der Waals surface area contributed by atoms with Crippen LogP contribution in [0.15, 0.2) is 36.5 Å². The molecule has 3 rings (SSSR count). The number of carbonyl (C=O) groups is 1. The third kappa shape index (κ3) is 2.58. The molecule has 110 valence electrons. The molecule has 1 aliphatic rings. The van der Waals surface area contributed by atoms with Gasteiger partial charge in [-0.1, -0.05) is 25.1 Å². The summed E-state index contributed by atoms with van der Waals surface area (Å²) in [6.07, 6.45) is 5.68. The number of Topliss-reactive ketones (excluding diaryl/α,β-unsaturated/α-hetero) is 1. The smallest absolute Gasteiger partial charge is 0.171 e. The number of pyridine rings is 1. The molecule has 0 aliphatic heterocycles. The third-order valence-corrected chi connectivity index (χ3v) is 4.96. The van der Waals surface area contributed by atoms with Crippen LogP contribution in [-0.2, 0) is 0 Å². The number of hydrogen-bond donors (Lipinski definition) is 1. The van der Waals surface area contributed by atoms with Crippen LogP contribution in [0.4, 0.5) is 0 Å². The predicted octanol–water partition coefficient (Wildman–Crippen LogP) is 3.57. The van der Waals surface area contributed by atoms with Gasteiger partial charge in [0.15, 0.2) is 5.78 Å². The van der Waals surface area contributed by atoms with E-state index in [2.05, 4.69) is 11.9 Å². The van der Waals surface area contributed by atoms with Gasteiger partial charge in [0.25, 0.3) is 0 Å². The number of rotatable bonds is 3. The Morgan fingerprint density at radius 3 is 2.76 bits per heavy atom. The van der Waals surface area contributed by atoms with Crippen LogP contribution in [0.1, 0.15) is 43.0 Å². The molecule has 0 unspecified atom stereocenters. The van der Waals surface area contributed by atoms with Crippen LogP contribution in [0.25, 0.3) is 10.9 Å². The molecule has 3 nitrogen and oxygen atoms in total. The van der Waals surface area contributed by atoms with Crippen LogP contribution >= 0.6 is 0 Å². The van der Waals surface area contributed by atoms with Crippen molar-refractivity contribution in [3.05, 3.63) is 42.1 Å². The van der Waals surface area contributed by atoms with Crippen molar-refractivity contribution in [2.75, 3.05) is 6.54 Å². The average molecular weight is 282 g/mol. The zero-order valence-electron chi connectivity index (χ0n) is 12.5. The first kappa shape index (κ1) is 14.2. The van der Waals surface area contributed by atoms with Crippen LogP contribution in [0.5, 0.6) is 0 Å². The lowest BCUT2D eigenvalue weighted by Crippen LogP contribution is -2.41. The molecular formula is C18H22N2O. The number of nitrogens with zero attached hydrogens (tertiary/aromatic N) is 1. The number of carbonyl (C=O) groups excluding carboxylic acids is 1. The van der Waals surface area contributed by atoms with Gasteiger partial charge in [-0.2, -0.15) is 0 Å². The number of fused-ring (bicyclic) bond motifs is 1. The fraction of sp³-hybridized carbons (Fsp3) is 0.444. The maximum Gasteiger partial charge on any atom is 0.171 e. The van der Waals surface area contributed by atoms with Crippen molar-refractivity contribution in [2.24, 2.45) is 17.1 Å². The maximum absolute atomic E-state index is 13.0. The van der Waals surface area contributed by atoms with Gasteiger partial charge in [-0.25, -0.2) is 0 Å². The number of para-hydroxylation sites is 1. The first-order valence-corrected chi connectivity index (χ1v) is 7.74. The Labute approximate surface area is 125 Å². The molecule has 2 N–H and O–H groups in total.